The lowest BCUT2D eigenvalue weighted by Crippen LogP contribution is -2.44. The van der Waals surface area contributed by atoms with Crippen LogP contribution in [0.1, 0.15) is 18.4 Å². The van der Waals surface area contributed by atoms with E-state index in [0.29, 0.717) is 31.8 Å². The zero-order valence-electron chi connectivity index (χ0n) is 14.9. The summed E-state index contributed by atoms with van der Waals surface area (Å²) in [7, 11) is -2.30. The molecule has 0 atom stereocenters. The summed E-state index contributed by atoms with van der Waals surface area (Å²) in [5.41, 5.74) is 0.442. The fraction of sp³-hybridized carbons (Fsp3) is 0.368. The van der Waals surface area contributed by atoms with Crippen LogP contribution in [-0.4, -0.2) is 35.3 Å². The van der Waals surface area contributed by atoms with Gasteiger partial charge in [-0.25, -0.2) is 17.5 Å². The van der Waals surface area contributed by atoms with Gasteiger partial charge in [-0.15, -0.1) is 0 Å². The lowest BCUT2D eigenvalue weighted by Gasteiger charge is -2.38. The van der Waals surface area contributed by atoms with Crippen LogP contribution in [0.5, 0.6) is 5.75 Å². The molecule has 1 aliphatic rings. The van der Waals surface area contributed by atoms with Crippen LogP contribution in [0.4, 0.5) is 4.39 Å². The first-order chi connectivity index (χ1) is 12.9. The summed E-state index contributed by atoms with van der Waals surface area (Å²) in [5.74, 6) is 0.0808. The van der Waals surface area contributed by atoms with E-state index in [9.17, 15) is 12.8 Å². The minimum atomic E-state index is -3.77. The first kappa shape index (κ1) is 20.1. The van der Waals surface area contributed by atoms with Crippen LogP contribution in [0.25, 0.3) is 0 Å². The minimum Gasteiger partial charge on any atom is -0.495 e. The second-order valence-corrected chi connectivity index (χ2v) is 8.69. The Morgan fingerprint density at radius 1 is 1.19 bits per heavy atom. The molecule has 5 nitrogen and oxygen atoms in total. The lowest BCUT2D eigenvalue weighted by molar-refractivity contribution is 0.0517. The molecule has 1 N–H and O–H groups in total. The van der Waals surface area contributed by atoms with Crippen molar-refractivity contribution in [2.24, 2.45) is 0 Å². The monoisotopic (exact) mass is 413 g/mol. The van der Waals surface area contributed by atoms with Crippen molar-refractivity contribution in [3.05, 3.63) is 58.9 Å². The fourth-order valence-electron chi connectivity index (χ4n) is 3.26. The number of nitrogens with one attached hydrogen (secondary N) is 1. The van der Waals surface area contributed by atoms with Crippen LogP contribution in [-0.2, 0) is 20.2 Å². The molecule has 1 heterocycles. The average molecular weight is 414 g/mol. The predicted molar refractivity (Wildman–Crippen MR) is 101 cm³/mol. The third-order valence-electron chi connectivity index (χ3n) is 4.94. The van der Waals surface area contributed by atoms with Crippen molar-refractivity contribution >= 4 is 21.6 Å². The topological polar surface area (TPSA) is 64.6 Å². The van der Waals surface area contributed by atoms with Gasteiger partial charge >= 0.3 is 0 Å². The molecule has 0 bridgehead atoms. The van der Waals surface area contributed by atoms with Gasteiger partial charge in [0.25, 0.3) is 0 Å². The van der Waals surface area contributed by atoms with Crippen molar-refractivity contribution in [2.75, 3.05) is 26.9 Å². The first-order valence-corrected chi connectivity index (χ1v) is 10.4. The van der Waals surface area contributed by atoms with Crippen molar-refractivity contribution in [2.45, 2.75) is 23.2 Å². The molecule has 1 saturated heterocycles. The van der Waals surface area contributed by atoms with E-state index in [4.69, 9.17) is 21.1 Å². The quantitative estimate of drug-likeness (QED) is 0.787. The Bertz CT molecular complexity index is 896. The molecule has 0 radical (unpaired) electrons. The van der Waals surface area contributed by atoms with Gasteiger partial charge in [0.05, 0.1) is 17.0 Å². The third kappa shape index (κ3) is 4.43. The van der Waals surface area contributed by atoms with E-state index in [0.717, 1.165) is 5.56 Å². The number of halogens is 2. The van der Waals surface area contributed by atoms with Crippen molar-refractivity contribution in [1.29, 1.82) is 0 Å². The summed E-state index contributed by atoms with van der Waals surface area (Å²) in [5, 5.41) is 0.222. The summed E-state index contributed by atoms with van der Waals surface area (Å²) in [4.78, 5) is 0.0645. The molecule has 0 amide bonds. The van der Waals surface area contributed by atoms with E-state index in [2.05, 4.69) is 4.72 Å². The molecule has 3 rings (SSSR count). The highest BCUT2D eigenvalue weighted by atomic mass is 35.5. The third-order valence-corrected chi connectivity index (χ3v) is 6.63. The molecule has 0 aliphatic carbocycles. The van der Waals surface area contributed by atoms with Crippen LogP contribution in [0.3, 0.4) is 0 Å². The Morgan fingerprint density at radius 2 is 1.85 bits per heavy atom. The largest absolute Gasteiger partial charge is 0.495 e. The Hall–Kier alpha value is -1.67. The van der Waals surface area contributed by atoms with E-state index in [1.165, 1.54) is 37.4 Å². The van der Waals surface area contributed by atoms with Crippen LogP contribution < -0.4 is 9.46 Å². The second-order valence-electron chi connectivity index (χ2n) is 6.52. The maximum atomic E-state index is 13.3. The van der Waals surface area contributed by atoms with Gasteiger partial charge in [-0.05, 0) is 48.7 Å². The van der Waals surface area contributed by atoms with Gasteiger partial charge in [-0.3, -0.25) is 0 Å². The minimum absolute atomic E-state index is 0.0645. The highest BCUT2D eigenvalue weighted by molar-refractivity contribution is 7.89. The fourth-order valence-corrected chi connectivity index (χ4v) is 4.74. The molecule has 0 saturated carbocycles. The van der Waals surface area contributed by atoms with Gasteiger partial charge in [0.15, 0.2) is 0 Å². The number of ether oxygens (including phenoxy) is 2. The van der Waals surface area contributed by atoms with Gasteiger partial charge in [-0.2, -0.15) is 0 Å². The summed E-state index contributed by atoms with van der Waals surface area (Å²) < 4.78 is 52.0. The Morgan fingerprint density at radius 3 is 2.44 bits per heavy atom. The van der Waals surface area contributed by atoms with Crippen LogP contribution >= 0.6 is 11.6 Å². The number of methoxy groups -OCH3 is 1. The summed E-state index contributed by atoms with van der Waals surface area (Å²) >= 11 is 6.05. The van der Waals surface area contributed by atoms with E-state index >= 15 is 0 Å². The first-order valence-electron chi connectivity index (χ1n) is 8.53. The normalized spacial score (nSPS) is 16.9. The number of benzene rings is 2. The van der Waals surface area contributed by atoms with E-state index in [1.807, 2.05) is 0 Å². The Labute approximate surface area is 163 Å². The van der Waals surface area contributed by atoms with Crippen LogP contribution in [0.15, 0.2) is 47.4 Å². The molecule has 27 heavy (non-hydrogen) atoms. The summed E-state index contributed by atoms with van der Waals surface area (Å²) in [6.45, 7) is 1.23. The highest BCUT2D eigenvalue weighted by Crippen LogP contribution is 2.35. The van der Waals surface area contributed by atoms with Crippen molar-refractivity contribution < 1.29 is 22.3 Å². The molecule has 2 aromatic rings. The van der Waals surface area contributed by atoms with E-state index in [-0.39, 0.29) is 22.3 Å². The lowest BCUT2D eigenvalue weighted by atomic mass is 9.74. The summed E-state index contributed by atoms with van der Waals surface area (Å²) in [6.07, 6.45) is 1.29. The number of hydrogen-bond acceptors (Lipinski definition) is 4. The van der Waals surface area contributed by atoms with Crippen molar-refractivity contribution in [1.82, 2.24) is 4.72 Å². The maximum absolute atomic E-state index is 13.3. The average Bonchev–Trinajstić information content (AvgIpc) is 2.67. The molecular weight excluding hydrogens is 393 g/mol. The molecule has 1 fully saturated rings. The SMILES string of the molecule is COc1ccc(S(=O)(=O)NCC2(c3ccc(F)cc3)CCOCC2)cc1Cl. The van der Waals surface area contributed by atoms with Crippen molar-refractivity contribution in [3.63, 3.8) is 0 Å². The van der Waals surface area contributed by atoms with Crippen LogP contribution in [0, 0.1) is 5.82 Å². The predicted octanol–water partition coefficient (Wildman–Crippen LogP) is 3.51. The van der Waals surface area contributed by atoms with Gasteiger partial charge in [0.2, 0.25) is 10.0 Å². The number of hydrogen-bond donors (Lipinski definition) is 1. The van der Waals surface area contributed by atoms with E-state index < -0.39 is 15.4 Å². The Kier molecular flexibility index (Phi) is 6.05. The molecule has 0 unspecified atom stereocenters. The molecule has 0 spiro atoms. The molecule has 0 aromatic heterocycles. The summed E-state index contributed by atoms with van der Waals surface area (Å²) in [6, 6.07) is 10.5. The smallest absolute Gasteiger partial charge is 0.240 e. The zero-order valence-corrected chi connectivity index (χ0v) is 16.4. The molecule has 8 heteroatoms. The maximum Gasteiger partial charge on any atom is 0.240 e. The van der Waals surface area contributed by atoms with Gasteiger partial charge in [0, 0.05) is 25.2 Å². The second kappa shape index (κ2) is 8.14. The van der Waals surface area contributed by atoms with E-state index in [1.54, 1.807) is 12.1 Å². The Balaban J connectivity index is 1.84. The molecular formula is C19H21ClFNO4S. The molecule has 146 valence electrons. The van der Waals surface area contributed by atoms with Gasteiger partial charge in [0.1, 0.15) is 11.6 Å². The zero-order chi connectivity index (χ0) is 19.5. The van der Waals surface area contributed by atoms with Crippen LogP contribution in [0.2, 0.25) is 5.02 Å². The standard InChI is InChI=1S/C19H21ClFNO4S/c1-25-18-7-6-16(12-17(18)20)27(23,24)22-13-19(8-10-26-11-9-19)14-2-4-15(21)5-3-14/h2-7,12,22H,8-11,13H2,1H3. The number of sulfonamides is 1. The molecule has 2 aromatic carbocycles. The number of rotatable bonds is 6. The van der Waals surface area contributed by atoms with Gasteiger partial charge in [-0.1, -0.05) is 23.7 Å². The molecule has 1 aliphatic heterocycles. The van der Waals surface area contributed by atoms with Gasteiger partial charge < -0.3 is 9.47 Å². The highest BCUT2D eigenvalue weighted by Gasteiger charge is 2.36. The van der Waals surface area contributed by atoms with Crippen molar-refractivity contribution in [3.8, 4) is 5.75 Å².